The van der Waals surface area contributed by atoms with Gasteiger partial charge in [0.25, 0.3) is 12.9 Å². The summed E-state index contributed by atoms with van der Waals surface area (Å²) in [7, 11) is 0. The van der Waals surface area contributed by atoms with Crippen molar-refractivity contribution in [2.45, 2.75) is 78.3 Å². The molecule has 0 spiro atoms. The Morgan fingerprint density at radius 2 is 1.03 bits per heavy atom. The molecule has 204 valence electrons. The van der Waals surface area contributed by atoms with Gasteiger partial charge in [0.05, 0.1) is 0 Å². The molecule has 0 aliphatic carbocycles. The summed E-state index contributed by atoms with van der Waals surface area (Å²) in [5.41, 5.74) is 0.0243. The van der Waals surface area contributed by atoms with Gasteiger partial charge in [-0.05, 0) is 42.2 Å². The zero-order valence-corrected chi connectivity index (χ0v) is 21.4. The van der Waals surface area contributed by atoms with E-state index in [2.05, 4.69) is 19.9 Å². The third kappa shape index (κ3) is 11.2. The molecule has 0 amide bonds. The average molecular weight is 533 g/mol. The molecular formula is C26H31F7N4. The molecule has 3 rings (SSSR count). The highest BCUT2D eigenvalue weighted by molar-refractivity contribution is 5.16. The van der Waals surface area contributed by atoms with Gasteiger partial charge in [-0.3, -0.25) is 4.98 Å². The first-order valence-corrected chi connectivity index (χ1v) is 11.5. The van der Waals surface area contributed by atoms with Gasteiger partial charge in [-0.1, -0.05) is 53.7 Å². The Kier molecular flexibility index (Phi) is 12.6. The lowest BCUT2D eigenvalue weighted by atomic mass is 10.1. The van der Waals surface area contributed by atoms with Crippen molar-refractivity contribution >= 4 is 0 Å². The Bertz CT molecular complexity index is 982. The minimum absolute atomic E-state index is 0.0160. The smallest absolute Gasteiger partial charge is 0.252 e. The monoisotopic (exact) mass is 532 g/mol. The van der Waals surface area contributed by atoms with Crippen molar-refractivity contribution in [1.82, 2.24) is 19.9 Å². The molecule has 0 aliphatic rings. The normalized spacial score (nSPS) is 11.5. The summed E-state index contributed by atoms with van der Waals surface area (Å²) < 4.78 is 85.0. The second kappa shape index (κ2) is 14.6. The predicted octanol–water partition coefficient (Wildman–Crippen LogP) is 8.90. The summed E-state index contributed by atoms with van der Waals surface area (Å²) in [5, 5.41) is 0. The SMILES string of the molecule is CC(C)c1cccc(C(F)(F)F)n1.CC(C)c1cccc(C(F)F)n1.CC(C)c1nccc(C(F)F)n1. The lowest BCUT2D eigenvalue weighted by molar-refractivity contribution is -0.141. The summed E-state index contributed by atoms with van der Waals surface area (Å²) in [4.78, 5) is 14.9. The van der Waals surface area contributed by atoms with Gasteiger partial charge in [0, 0.05) is 23.5 Å². The average Bonchev–Trinajstić information content (AvgIpc) is 2.84. The predicted molar refractivity (Wildman–Crippen MR) is 128 cm³/mol. The number of hydrogen-bond acceptors (Lipinski definition) is 4. The van der Waals surface area contributed by atoms with Crippen LogP contribution in [-0.2, 0) is 6.18 Å². The highest BCUT2D eigenvalue weighted by atomic mass is 19.4. The van der Waals surface area contributed by atoms with Crippen molar-refractivity contribution < 1.29 is 30.7 Å². The molecule has 0 N–H and O–H groups in total. The lowest BCUT2D eigenvalue weighted by Crippen LogP contribution is -2.09. The first kappa shape index (κ1) is 31.9. The van der Waals surface area contributed by atoms with Crippen LogP contribution in [0.3, 0.4) is 0 Å². The van der Waals surface area contributed by atoms with Gasteiger partial charge in [0.2, 0.25) is 0 Å². The fraction of sp³-hybridized carbons (Fsp3) is 0.462. The Balaban J connectivity index is 0.000000278. The standard InChI is InChI=1S/C9H10F3N.C9H11F2N.C8H10F2N2/c1-6(2)7-4-3-5-8(13-7)9(10,11)12;1-6(2)7-4-3-5-8(12-7)9(10)11;1-5(2)8-11-4-3-6(12-8)7(9)10/h3-6H,1-2H3;3-6,9H,1-2H3;3-5,7H,1-2H3. The summed E-state index contributed by atoms with van der Waals surface area (Å²) in [6.07, 6.45) is -7.96. The van der Waals surface area contributed by atoms with Crippen LogP contribution in [0.5, 0.6) is 0 Å². The summed E-state index contributed by atoms with van der Waals surface area (Å²) in [6, 6.07) is 9.91. The first-order chi connectivity index (χ1) is 17.1. The van der Waals surface area contributed by atoms with Crippen LogP contribution >= 0.6 is 0 Å². The van der Waals surface area contributed by atoms with Crippen molar-refractivity contribution in [3.63, 3.8) is 0 Å². The van der Waals surface area contributed by atoms with E-state index in [-0.39, 0.29) is 29.1 Å². The van der Waals surface area contributed by atoms with Crippen LogP contribution in [0.1, 0.15) is 106 Å². The van der Waals surface area contributed by atoms with Gasteiger partial charge in [-0.25, -0.2) is 32.5 Å². The Morgan fingerprint density at radius 3 is 1.49 bits per heavy atom. The molecule has 0 saturated carbocycles. The van der Waals surface area contributed by atoms with Crippen LogP contribution in [0.15, 0.2) is 48.7 Å². The van der Waals surface area contributed by atoms with Crippen molar-refractivity contribution in [3.05, 3.63) is 83.0 Å². The fourth-order valence-electron chi connectivity index (χ4n) is 2.63. The molecular weight excluding hydrogens is 501 g/mol. The van der Waals surface area contributed by atoms with Crippen LogP contribution in [0, 0.1) is 0 Å². The summed E-state index contributed by atoms with van der Waals surface area (Å²) in [6.45, 7) is 11.2. The molecule has 0 aliphatic heterocycles. The number of halogens is 7. The highest BCUT2D eigenvalue weighted by Gasteiger charge is 2.32. The van der Waals surface area contributed by atoms with Crippen molar-refractivity contribution in [2.24, 2.45) is 0 Å². The molecule has 37 heavy (non-hydrogen) atoms. The maximum absolute atomic E-state index is 12.2. The fourth-order valence-corrected chi connectivity index (χ4v) is 2.63. The second-order valence-corrected chi connectivity index (χ2v) is 8.84. The molecule has 0 radical (unpaired) electrons. The number of nitrogens with zero attached hydrogens (tertiary/aromatic N) is 4. The number of hydrogen-bond donors (Lipinski definition) is 0. The molecule has 0 saturated heterocycles. The first-order valence-electron chi connectivity index (χ1n) is 11.5. The van der Waals surface area contributed by atoms with E-state index in [0.717, 1.165) is 6.07 Å². The molecule has 0 fully saturated rings. The topological polar surface area (TPSA) is 51.6 Å². The van der Waals surface area contributed by atoms with Gasteiger partial charge < -0.3 is 0 Å². The van der Waals surface area contributed by atoms with E-state index >= 15 is 0 Å². The van der Waals surface area contributed by atoms with Crippen molar-refractivity contribution in [1.29, 1.82) is 0 Å². The summed E-state index contributed by atoms with van der Waals surface area (Å²) >= 11 is 0. The van der Waals surface area contributed by atoms with Crippen LogP contribution in [0.25, 0.3) is 0 Å². The quantitative estimate of drug-likeness (QED) is 0.308. The van der Waals surface area contributed by atoms with E-state index in [4.69, 9.17) is 0 Å². The number of pyridine rings is 2. The van der Waals surface area contributed by atoms with Crippen molar-refractivity contribution in [3.8, 4) is 0 Å². The Morgan fingerprint density at radius 1 is 0.568 bits per heavy atom. The van der Waals surface area contributed by atoms with E-state index in [1.807, 2.05) is 41.5 Å². The second-order valence-electron chi connectivity index (χ2n) is 8.84. The molecule has 0 unspecified atom stereocenters. The minimum atomic E-state index is -4.34. The Hall–Kier alpha value is -3.11. The third-order valence-electron chi connectivity index (χ3n) is 4.70. The van der Waals surface area contributed by atoms with E-state index in [9.17, 15) is 30.7 Å². The van der Waals surface area contributed by atoms with Gasteiger partial charge in [0.1, 0.15) is 22.9 Å². The maximum atomic E-state index is 12.2. The van der Waals surface area contributed by atoms with Crippen LogP contribution < -0.4 is 0 Å². The molecule has 4 nitrogen and oxygen atoms in total. The van der Waals surface area contributed by atoms with E-state index in [1.54, 1.807) is 18.2 Å². The van der Waals surface area contributed by atoms with E-state index in [0.29, 0.717) is 17.2 Å². The van der Waals surface area contributed by atoms with Gasteiger partial charge in [-0.2, -0.15) is 13.2 Å². The number of rotatable bonds is 5. The molecule has 3 aromatic rings. The third-order valence-corrected chi connectivity index (χ3v) is 4.70. The zero-order valence-electron chi connectivity index (χ0n) is 21.4. The zero-order chi connectivity index (χ0) is 28.3. The van der Waals surface area contributed by atoms with E-state index < -0.39 is 24.7 Å². The molecule has 0 atom stereocenters. The highest BCUT2D eigenvalue weighted by Crippen LogP contribution is 2.28. The number of aromatic nitrogens is 4. The van der Waals surface area contributed by atoms with Crippen LogP contribution in [0.4, 0.5) is 30.7 Å². The van der Waals surface area contributed by atoms with E-state index in [1.165, 1.54) is 24.4 Å². The molecule has 3 aromatic heterocycles. The van der Waals surface area contributed by atoms with Gasteiger partial charge in [-0.15, -0.1) is 0 Å². The minimum Gasteiger partial charge on any atom is -0.252 e. The van der Waals surface area contributed by atoms with Gasteiger partial charge in [0.15, 0.2) is 0 Å². The largest absolute Gasteiger partial charge is 0.433 e. The molecule has 0 aromatic carbocycles. The number of alkyl halides is 7. The molecule has 0 bridgehead atoms. The lowest BCUT2D eigenvalue weighted by Gasteiger charge is -2.09. The van der Waals surface area contributed by atoms with Crippen molar-refractivity contribution in [2.75, 3.05) is 0 Å². The molecule has 11 heteroatoms. The summed E-state index contributed by atoms with van der Waals surface area (Å²) in [5.74, 6) is 0.766. The van der Waals surface area contributed by atoms with Crippen LogP contribution in [0.2, 0.25) is 0 Å². The van der Waals surface area contributed by atoms with Crippen LogP contribution in [-0.4, -0.2) is 19.9 Å². The Labute approximate surface area is 212 Å². The molecule has 3 heterocycles. The maximum Gasteiger partial charge on any atom is 0.433 e. The van der Waals surface area contributed by atoms with Gasteiger partial charge >= 0.3 is 6.18 Å².